The highest BCUT2D eigenvalue weighted by Gasteiger charge is 2.20. The first-order valence-electron chi connectivity index (χ1n) is 7.85. The molecule has 5 nitrogen and oxygen atoms in total. The molecule has 0 atom stereocenters. The molecule has 0 bridgehead atoms. The monoisotopic (exact) mass is 378 g/mol. The molecule has 2 aromatic carbocycles. The molecular formula is C18H22N2O3S2. The maximum absolute atomic E-state index is 12.1. The smallest absolute Gasteiger partial charge is 0.240 e. The van der Waals surface area contributed by atoms with Crippen molar-refractivity contribution < 1.29 is 13.2 Å². The molecule has 0 saturated carbocycles. The predicted octanol–water partition coefficient (Wildman–Crippen LogP) is 2.67. The highest BCUT2D eigenvalue weighted by Crippen LogP contribution is 2.19. The lowest BCUT2D eigenvalue weighted by molar-refractivity contribution is -0.119. The molecule has 0 unspecified atom stereocenters. The number of benzene rings is 2. The van der Waals surface area contributed by atoms with Crippen molar-refractivity contribution in [2.75, 3.05) is 29.4 Å². The molecule has 2 rings (SSSR count). The Labute approximate surface area is 153 Å². The normalized spacial score (nSPS) is 11.1. The number of nitrogens with zero attached hydrogens (tertiary/aromatic N) is 1. The number of aryl methyl sites for hydroxylation is 1. The standard InChI is InChI=1S/C18H22N2O3S2/c1-15-7-6-8-16(13-15)20(25(2,22)23)14-18(21)19-11-12-24-17-9-4-3-5-10-17/h3-10,13H,11-12,14H2,1-2H3,(H,19,21). The second-order valence-electron chi connectivity index (χ2n) is 5.62. The molecule has 0 saturated heterocycles. The molecule has 0 aliphatic heterocycles. The van der Waals surface area contributed by atoms with Gasteiger partial charge in [0.25, 0.3) is 0 Å². The van der Waals surface area contributed by atoms with Crippen LogP contribution in [0.3, 0.4) is 0 Å². The summed E-state index contributed by atoms with van der Waals surface area (Å²) in [6.07, 6.45) is 1.11. The van der Waals surface area contributed by atoms with E-state index in [4.69, 9.17) is 0 Å². The number of hydrogen-bond donors (Lipinski definition) is 1. The Kier molecular flexibility index (Phi) is 6.90. The lowest BCUT2D eigenvalue weighted by Crippen LogP contribution is -2.41. The van der Waals surface area contributed by atoms with Crippen molar-refractivity contribution in [3.8, 4) is 0 Å². The van der Waals surface area contributed by atoms with Gasteiger partial charge in [-0.15, -0.1) is 11.8 Å². The number of anilines is 1. The van der Waals surface area contributed by atoms with Crippen LogP contribution < -0.4 is 9.62 Å². The quantitative estimate of drug-likeness (QED) is 0.566. The SMILES string of the molecule is Cc1cccc(N(CC(=O)NCCSc2ccccc2)S(C)(=O)=O)c1. The molecule has 0 radical (unpaired) electrons. The highest BCUT2D eigenvalue weighted by atomic mass is 32.2. The van der Waals surface area contributed by atoms with Crippen molar-refractivity contribution in [2.24, 2.45) is 0 Å². The summed E-state index contributed by atoms with van der Waals surface area (Å²) in [5.41, 5.74) is 1.43. The average molecular weight is 379 g/mol. The van der Waals surface area contributed by atoms with Crippen molar-refractivity contribution in [3.05, 3.63) is 60.2 Å². The summed E-state index contributed by atoms with van der Waals surface area (Å²) in [7, 11) is -3.54. The summed E-state index contributed by atoms with van der Waals surface area (Å²) in [5.74, 6) is 0.402. The van der Waals surface area contributed by atoms with Crippen LogP contribution in [0.2, 0.25) is 0 Å². The number of carbonyl (C=O) groups excluding carboxylic acids is 1. The number of carbonyl (C=O) groups is 1. The topological polar surface area (TPSA) is 66.5 Å². The number of rotatable bonds is 8. The first-order valence-corrected chi connectivity index (χ1v) is 10.7. The van der Waals surface area contributed by atoms with Gasteiger partial charge in [0.15, 0.2) is 0 Å². The van der Waals surface area contributed by atoms with Gasteiger partial charge in [0.1, 0.15) is 6.54 Å². The third-order valence-electron chi connectivity index (χ3n) is 3.41. The van der Waals surface area contributed by atoms with Gasteiger partial charge in [-0.05, 0) is 36.8 Å². The van der Waals surface area contributed by atoms with Crippen LogP contribution in [-0.2, 0) is 14.8 Å². The number of nitrogens with one attached hydrogen (secondary N) is 1. The Bertz CT molecular complexity index is 808. The van der Waals surface area contributed by atoms with E-state index in [0.29, 0.717) is 12.2 Å². The van der Waals surface area contributed by atoms with Gasteiger partial charge in [-0.2, -0.15) is 0 Å². The molecule has 0 aliphatic carbocycles. The summed E-state index contributed by atoms with van der Waals surface area (Å²) in [4.78, 5) is 13.3. The number of thioether (sulfide) groups is 1. The van der Waals surface area contributed by atoms with Crippen molar-refractivity contribution >= 4 is 33.4 Å². The molecule has 1 N–H and O–H groups in total. The predicted molar refractivity (Wildman–Crippen MR) is 104 cm³/mol. The highest BCUT2D eigenvalue weighted by molar-refractivity contribution is 7.99. The fraction of sp³-hybridized carbons (Fsp3) is 0.278. The Morgan fingerprint density at radius 2 is 1.84 bits per heavy atom. The summed E-state index contributed by atoms with van der Waals surface area (Å²) >= 11 is 1.64. The van der Waals surface area contributed by atoms with E-state index in [1.807, 2.05) is 43.3 Å². The third-order valence-corrected chi connectivity index (χ3v) is 5.57. The fourth-order valence-electron chi connectivity index (χ4n) is 2.25. The lowest BCUT2D eigenvalue weighted by atomic mass is 10.2. The van der Waals surface area contributed by atoms with Crippen molar-refractivity contribution in [1.82, 2.24) is 5.32 Å². The number of sulfonamides is 1. The molecule has 0 heterocycles. The van der Waals surface area contributed by atoms with E-state index in [2.05, 4.69) is 5.32 Å². The van der Waals surface area contributed by atoms with E-state index >= 15 is 0 Å². The zero-order valence-corrected chi connectivity index (χ0v) is 15.9. The Hall–Kier alpha value is -1.99. The Balaban J connectivity index is 1.89. The van der Waals surface area contributed by atoms with Gasteiger partial charge >= 0.3 is 0 Å². The fourth-order valence-corrected chi connectivity index (χ4v) is 3.88. The van der Waals surface area contributed by atoms with Gasteiger partial charge < -0.3 is 5.32 Å². The van der Waals surface area contributed by atoms with Crippen LogP contribution in [-0.4, -0.2) is 39.4 Å². The number of amides is 1. The van der Waals surface area contributed by atoms with Crippen molar-refractivity contribution in [1.29, 1.82) is 0 Å². The molecule has 25 heavy (non-hydrogen) atoms. The van der Waals surface area contributed by atoms with Gasteiger partial charge in [-0.1, -0.05) is 30.3 Å². The largest absolute Gasteiger partial charge is 0.354 e. The molecule has 2 aromatic rings. The van der Waals surface area contributed by atoms with Crippen LogP contribution in [0.5, 0.6) is 0 Å². The van der Waals surface area contributed by atoms with E-state index in [9.17, 15) is 13.2 Å². The number of hydrogen-bond acceptors (Lipinski definition) is 4. The second-order valence-corrected chi connectivity index (χ2v) is 8.70. The van der Waals surface area contributed by atoms with E-state index in [0.717, 1.165) is 26.8 Å². The maximum atomic E-state index is 12.1. The molecule has 0 aromatic heterocycles. The summed E-state index contributed by atoms with van der Waals surface area (Å²) in [6, 6.07) is 17.0. The molecule has 1 amide bonds. The Morgan fingerprint density at radius 1 is 1.12 bits per heavy atom. The van der Waals surface area contributed by atoms with Crippen molar-refractivity contribution in [2.45, 2.75) is 11.8 Å². The zero-order chi connectivity index (χ0) is 18.3. The van der Waals surface area contributed by atoms with Crippen LogP contribution in [0.15, 0.2) is 59.5 Å². The van der Waals surface area contributed by atoms with Crippen LogP contribution in [0, 0.1) is 6.92 Å². The van der Waals surface area contributed by atoms with Crippen molar-refractivity contribution in [3.63, 3.8) is 0 Å². The molecule has 134 valence electrons. The molecule has 0 aliphatic rings. The molecule has 0 spiro atoms. The van der Waals surface area contributed by atoms with E-state index < -0.39 is 10.0 Å². The van der Waals surface area contributed by atoms with E-state index in [1.54, 1.807) is 30.0 Å². The van der Waals surface area contributed by atoms with Crippen LogP contribution >= 0.6 is 11.8 Å². The van der Waals surface area contributed by atoms with Gasteiger partial charge in [-0.3, -0.25) is 9.10 Å². The minimum atomic E-state index is -3.54. The van der Waals surface area contributed by atoms with Gasteiger partial charge in [0.05, 0.1) is 11.9 Å². The third kappa shape index (κ3) is 6.43. The summed E-state index contributed by atoms with van der Waals surface area (Å²) in [6.45, 7) is 2.13. The van der Waals surface area contributed by atoms with E-state index in [-0.39, 0.29) is 12.5 Å². The van der Waals surface area contributed by atoms with Gasteiger partial charge in [0.2, 0.25) is 15.9 Å². The first kappa shape index (κ1) is 19.3. The Morgan fingerprint density at radius 3 is 2.48 bits per heavy atom. The lowest BCUT2D eigenvalue weighted by Gasteiger charge is -2.22. The van der Waals surface area contributed by atoms with Crippen LogP contribution in [0.25, 0.3) is 0 Å². The van der Waals surface area contributed by atoms with Gasteiger partial charge in [-0.25, -0.2) is 8.42 Å². The maximum Gasteiger partial charge on any atom is 0.240 e. The molecule has 0 fully saturated rings. The van der Waals surface area contributed by atoms with Crippen LogP contribution in [0.1, 0.15) is 5.56 Å². The minimum Gasteiger partial charge on any atom is -0.354 e. The minimum absolute atomic E-state index is 0.224. The summed E-state index contributed by atoms with van der Waals surface area (Å²) < 4.78 is 25.2. The second kappa shape index (κ2) is 8.92. The zero-order valence-electron chi connectivity index (χ0n) is 14.3. The molecule has 7 heteroatoms. The van der Waals surface area contributed by atoms with E-state index in [1.165, 1.54) is 0 Å². The van der Waals surface area contributed by atoms with Crippen LogP contribution in [0.4, 0.5) is 5.69 Å². The average Bonchev–Trinajstić information content (AvgIpc) is 2.56. The first-order chi connectivity index (χ1) is 11.9. The van der Waals surface area contributed by atoms with Gasteiger partial charge in [0, 0.05) is 17.2 Å². The molecular weight excluding hydrogens is 356 g/mol. The summed E-state index contributed by atoms with van der Waals surface area (Å²) in [5, 5.41) is 2.77.